The van der Waals surface area contributed by atoms with Gasteiger partial charge in [0.2, 0.25) is 0 Å². The van der Waals surface area contributed by atoms with Crippen molar-refractivity contribution in [2.75, 3.05) is 0 Å². The van der Waals surface area contributed by atoms with Gasteiger partial charge in [-0.05, 0) is 16.2 Å². The first-order valence-corrected chi connectivity index (χ1v) is 14.4. The molecule has 0 N–H and O–H groups in total. The molecule has 0 fully saturated rings. The summed E-state index contributed by atoms with van der Waals surface area (Å²) in [6.45, 7) is 10.6. The van der Waals surface area contributed by atoms with Crippen LogP contribution in [0.3, 0.4) is 0 Å². The quantitative estimate of drug-likeness (QED) is 0.110. The average molecular weight is 936 g/mol. The summed E-state index contributed by atoms with van der Waals surface area (Å²) < 4.78 is 258. The Labute approximate surface area is 326 Å². The van der Waals surface area contributed by atoms with Crippen LogP contribution in [0.2, 0.25) is 0 Å². The molecule has 341 valence electrons. The topological polar surface area (TPSA) is 102 Å². The van der Waals surface area contributed by atoms with Crippen molar-refractivity contribution >= 4 is 34.7 Å². The molecular weight excluding hydrogens is 906 g/mol. The van der Waals surface area contributed by atoms with Gasteiger partial charge in [-0.25, -0.2) is 0 Å². The predicted molar refractivity (Wildman–Crippen MR) is 149 cm³/mol. The second-order valence-electron chi connectivity index (χ2n) is 14.3. The van der Waals surface area contributed by atoms with Crippen molar-refractivity contribution in [1.82, 2.24) is 0 Å². The molecule has 0 aromatic carbocycles. The zero-order valence-corrected chi connectivity index (χ0v) is 32.0. The summed E-state index contributed by atoms with van der Waals surface area (Å²) in [6.07, 6.45) is -21.1. The minimum atomic E-state index is -6.61. The van der Waals surface area contributed by atoms with Gasteiger partial charge in [-0.2, -0.15) is 92.2 Å². The van der Waals surface area contributed by atoms with E-state index in [-0.39, 0.29) is 18.6 Å². The summed E-state index contributed by atoms with van der Waals surface area (Å²) in [5.41, 5.74) is -4.09. The van der Waals surface area contributed by atoms with Crippen LogP contribution in [-0.2, 0) is 47.3 Å². The maximum Gasteiger partial charge on any atom is 0.460 e. The van der Waals surface area contributed by atoms with E-state index in [0.29, 0.717) is 0 Å². The van der Waals surface area contributed by atoms with Gasteiger partial charge in [-0.1, -0.05) is 62.3 Å². The maximum absolute atomic E-state index is 12.8. The molecule has 0 spiro atoms. The van der Waals surface area contributed by atoms with Crippen molar-refractivity contribution in [3.63, 3.8) is 0 Å². The van der Waals surface area contributed by atoms with Crippen LogP contribution in [0.5, 0.6) is 0 Å². The van der Waals surface area contributed by atoms with Gasteiger partial charge in [0.25, 0.3) is 0 Å². The smallest absolute Gasteiger partial charge is 0.333 e. The van der Waals surface area contributed by atoms with E-state index in [1.54, 1.807) is 0 Å². The summed E-state index contributed by atoms with van der Waals surface area (Å²) in [5, 5.41) is 0. The number of ketones is 6. The third-order valence-electron chi connectivity index (χ3n) is 6.18. The van der Waals surface area contributed by atoms with E-state index in [4.69, 9.17) is 0 Å². The molecule has 0 unspecified atom stereocenters. The molecule has 0 atom stereocenters. The SMILES string of the molecule is CC(C)(C)C(=O)[CH-]C(=O)C(F)(F)C(F)(F)C(F)(F)F.CC(C)(C)C(=O)[CH-]C(=O)C(F)(F)C(F)(F)C(F)(F)F.CC(C)(C)C(=O)[CH-]C(=O)C(F)(F)C(F)(F)C(F)(F)F.[V]. The van der Waals surface area contributed by atoms with Crippen LogP contribution >= 0.6 is 0 Å². The fraction of sp³-hybridized carbons (Fsp3) is 0.700. The number of Topliss-reactive ketones (excluding diaryl/α,β-unsaturated/α-hetero) is 6. The van der Waals surface area contributed by atoms with Gasteiger partial charge < -0.3 is 28.8 Å². The van der Waals surface area contributed by atoms with Gasteiger partial charge in [-0.15, -0.1) is 0 Å². The third kappa shape index (κ3) is 14.5. The Morgan fingerprint density at radius 1 is 0.276 bits per heavy atom. The zero-order valence-electron chi connectivity index (χ0n) is 30.6. The maximum atomic E-state index is 12.8. The molecule has 0 rings (SSSR count). The number of hydrogen-bond acceptors (Lipinski definition) is 6. The van der Waals surface area contributed by atoms with Crippen molar-refractivity contribution < 1.29 is 140 Å². The fourth-order valence-corrected chi connectivity index (χ4v) is 2.28. The molecule has 0 saturated heterocycles. The number of carbonyl (C=O) groups excluding carboxylic acids is 6. The standard InChI is InChI=1S/3C10H10F7O2.V/c3*1-7(2,3)5(18)4-6(19)8(11,12)9(13,14)10(15,16)17;/h3*4H,1-3H3;/q3*-1;. The predicted octanol–water partition coefficient (Wildman–Crippen LogP) is 9.62. The van der Waals surface area contributed by atoms with E-state index in [1.165, 1.54) is 62.3 Å². The number of rotatable bonds is 12. The molecule has 0 saturated carbocycles. The normalized spacial score (nSPS) is 14.0. The molecule has 6 nitrogen and oxygen atoms in total. The Bertz CT molecular complexity index is 1310. The van der Waals surface area contributed by atoms with E-state index < -0.39 is 124 Å². The molecular formula is C30H30F21O6V-3. The van der Waals surface area contributed by atoms with Crippen LogP contribution in [-0.4, -0.2) is 88.8 Å². The minimum absolute atomic E-state index is 0. The van der Waals surface area contributed by atoms with Crippen LogP contribution in [0.25, 0.3) is 0 Å². The third-order valence-corrected chi connectivity index (χ3v) is 6.18. The largest absolute Gasteiger partial charge is 0.460 e. The molecule has 0 aromatic rings. The van der Waals surface area contributed by atoms with E-state index in [2.05, 4.69) is 0 Å². The number of carbonyl (C=O) groups is 6. The first-order valence-electron chi connectivity index (χ1n) is 14.4. The minimum Gasteiger partial charge on any atom is -0.333 e. The zero-order chi connectivity index (χ0) is 47.6. The molecule has 0 aliphatic heterocycles. The molecule has 0 aromatic heterocycles. The number of hydrogen-bond donors (Lipinski definition) is 0. The molecule has 28 heteroatoms. The van der Waals surface area contributed by atoms with Crippen molar-refractivity contribution in [3.05, 3.63) is 19.3 Å². The van der Waals surface area contributed by atoms with Crippen LogP contribution in [0, 0.1) is 35.5 Å². The van der Waals surface area contributed by atoms with E-state index in [9.17, 15) is 121 Å². The van der Waals surface area contributed by atoms with Crippen molar-refractivity contribution in [2.45, 2.75) is 116 Å². The van der Waals surface area contributed by atoms with Gasteiger partial charge in [0.05, 0.1) is 17.3 Å². The molecule has 58 heavy (non-hydrogen) atoms. The van der Waals surface area contributed by atoms with Gasteiger partial charge in [-0.3, -0.25) is 19.3 Å². The van der Waals surface area contributed by atoms with E-state index >= 15 is 0 Å². The molecule has 1 radical (unpaired) electrons. The molecule has 0 bridgehead atoms. The van der Waals surface area contributed by atoms with E-state index in [1.807, 2.05) is 0 Å². The summed E-state index contributed by atoms with van der Waals surface area (Å²) in [6, 6.07) is 0. The average Bonchev–Trinajstić information content (AvgIpc) is 2.93. The van der Waals surface area contributed by atoms with Crippen LogP contribution in [0.4, 0.5) is 92.2 Å². The van der Waals surface area contributed by atoms with Crippen LogP contribution in [0.15, 0.2) is 0 Å². The van der Waals surface area contributed by atoms with Gasteiger partial charge in [0.1, 0.15) is 0 Å². The van der Waals surface area contributed by atoms with Crippen molar-refractivity contribution in [1.29, 1.82) is 0 Å². The van der Waals surface area contributed by atoms with Gasteiger partial charge in [0, 0.05) is 35.9 Å². The summed E-state index contributed by atoms with van der Waals surface area (Å²) in [5.74, 6) is -50.2. The fourth-order valence-electron chi connectivity index (χ4n) is 2.28. The van der Waals surface area contributed by atoms with Gasteiger partial charge >= 0.3 is 54.1 Å². The Hall–Kier alpha value is -3.26. The summed E-state index contributed by atoms with van der Waals surface area (Å²) >= 11 is 0. The summed E-state index contributed by atoms with van der Waals surface area (Å²) in [4.78, 5) is 65.9. The Morgan fingerprint density at radius 2 is 0.397 bits per heavy atom. The second-order valence-corrected chi connectivity index (χ2v) is 14.3. The van der Waals surface area contributed by atoms with Crippen LogP contribution in [0.1, 0.15) is 62.3 Å². The number of alkyl halides is 21. The van der Waals surface area contributed by atoms with Gasteiger partial charge in [0.15, 0.2) is 0 Å². The van der Waals surface area contributed by atoms with Crippen molar-refractivity contribution in [3.8, 4) is 0 Å². The second kappa shape index (κ2) is 18.6. The van der Waals surface area contributed by atoms with Crippen molar-refractivity contribution in [2.24, 2.45) is 16.2 Å². The van der Waals surface area contributed by atoms with Crippen LogP contribution < -0.4 is 0 Å². The molecule has 0 heterocycles. The Kier molecular flexibility index (Phi) is 19.7. The Balaban J connectivity index is -0.000000374. The summed E-state index contributed by atoms with van der Waals surface area (Å²) in [7, 11) is 0. The first-order chi connectivity index (χ1) is 24.1. The van der Waals surface area contributed by atoms with E-state index in [0.717, 1.165) is 0 Å². The number of halogens is 21. The monoisotopic (exact) mass is 936 g/mol. The first kappa shape index (κ1) is 61.4. The molecule has 0 aliphatic rings. The molecule has 0 aliphatic carbocycles. The Morgan fingerprint density at radius 3 is 0.483 bits per heavy atom. The molecule has 0 amide bonds.